The van der Waals surface area contributed by atoms with Crippen LogP contribution in [0.25, 0.3) is 22.2 Å². The van der Waals surface area contributed by atoms with Gasteiger partial charge in [0, 0.05) is 42.0 Å². The molecular formula is C19H26Cl3N5O. The second-order valence-corrected chi connectivity index (χ2v) is 7.51. The van der Waals surface area contributed by atoms with Crippen LogP contribution < -0.4 is 5.32 Å². The molecule has 1 aliphatic heterocycles. The molecule has 9 heteroatoms. The molecule has 0 radical (unpaired) electrons. The van der Waals surface area contributed by atoms with Gasteiger partial charge in [-0.25, -0.2) is 4.98 Å². The average molecular weight is 447 g/mol. The highest BCUT2D eigenvalue weighted by Crippen LogP contribution is 2.31. The molecule has 4 rings (SSSR count). The Bertz CT molecular complexity index is 910. The fourth-order valence-corrected chi connectivity index (χ4v) is 4.05. The topological polar surface area (TPSA) is 67.9 Å². The van der Waals surface area contributed by atoms with Crippen LogP contribution in [-0.2, 0) is 13.6 Å². The van der Waals surface area contributed by atoms with Gasteiger partial charge in [0.15, 0.2) is 0 Å². The summed E-state index contributed by atoms with van der Waals surface area (Å²) in [6.45, 7) is 1.86. The van der Waals surface area contributed by atoms with Gasteiger partial charge in [0.05, 0.1) is 29.7 Å². The second-order valence-electron chi connectivity index (χ2n) is 7.07. The summed E-state index contributed by atoms with van der Waals surface area (Å²) in [4.78, 5) is 4.54. The number of halogens is 3. The van der Waals surface area contributed by atoms with Gasteiger partial charge >= 0.3 is 0 Å². The molecule has 0 bridgehead atoms. The molecule has 3 aromatic rings. The Morgan fingerprint density at radius 2 is 2.14 bits per heavy atom. The van der Waals surface area contributed by atoms with E-state index in [0.29, 0.717) is 5.02 Å². The molecule has 1 saturated heterocycles. The first-order chi connectivity index (χ1) is 12.6. The van der Waals surface area contributed by atoms with Gasteiger partial charge < -0.3 is 15.0 Å². The van der Waals surface area contributed by atoms with Gasteiger partial charge in [-0.1, -0.05) is 11.6 Å². The summed E-state index contributed by atoms with van der Waals surface area (Å²) in [5.74, 6) is 0. The van der Waals surface area contributed by atoms with Gasteiger partial charge in [-0.05, 0) is 44.4 Å². The van der Waals surface area contributed by atoms with Gasteiger partial charge in [0.25, 0.3) is 0 Å². The van der Waals surface area contributed by atoms with Crippen LogP contribution in [-0.4, -0.2) is 43.1 Å². The molecule has 0 spiro atoms. The Kier molecular flexibility index (Phi) is 8.16. The molecule has 0 saturated carbocycles. The van der Waals surface area contributed by atoms with Gasteiger partial charge in [0.2, 0.25) is 0 Å². The van der Waals surface area contributed by atoms with Gasteiger partial charge in [-0.2, -0.15) is 5.10 Å². The number of hydrogen-bond donors (Lipinski definition) is 2. The molecule has 154 valence electrons. The number of aryl methyl sites for hydroxylation is 2. The predicted octanol–water partition coefficient (Wildman–Crippen LogP) is 3.83. The van der Waals surface area contributed by atoms with E-state index in [1.807, 2.05) is 37.9 Å². The zero-order chi connectivity index (χ0) is 18.1. The number of fused-ring (bicyclic) bond motifs is 1. The maximum Gasteiger partial charge on any atom is 0.0958 e. The lowest BCUT2D eigenvalue weighted by atomic mass is 9.97. The number of nitrogens with one attached hydrogen (secondary N) is 1. The summed E-state index contributed by atoms with van der Waals surface area (Å²) < 4.78 is 3.97. The Morgan fingerprint density at radius 1 is 1.32 bits per heavy atom. The van der Waals surface area contributed by atoms with Crippen LogP contribution in [0.15, 0.2) is 30.9 Å². The third kappa shape index (κ3) is 4.81. The Hall–Kier alpha value is -1.31. The quantitative estimate of drug-likeness (QED) is 0.625. The molecule has 3 heterocycles. The standard InChI is InChI=1S/C19H24ClN5O.2ClH/c1-24-11-13(10-23-24)15-8-14(20)9-17-19(15)25(12-22-17)7-3-4-16-18(26)5-2-6-21-16;;/h8-12,16,18,21,26H,2-7H2,1H3;2*1H/t16-,18+;;/m1../s1. The van der Waals surface area contributed by atoms with Crippen LogP contribution in [0.1, 0.15) is 25.7 Å². The highest BCUT2D eigenvalue weighted by Gasteiger charge is 2.22. The highest BCUT2D eigenvalue weighted by atomic mass is 35.5. The van der Waals surface area contributed by atoms with Crippen molar-refractivity contribution in [3.8, 4) is 11.1 Å². The minimum Gasteiger partial charge on any atom is -0.392 e. The van der Waals surface area contributed by atoms with Gasteiger partial charge in [0.1, 0.15) is 0 Å². The molecular weight excluding hydrogens is 421 g/mol. The van der Waals surface area contributed by atoms with Crippen LogP contribution in [0.3, 0.4) is 0 Å². The molecule has 2 aromatic heterocycles. The fraction of sp³-hybridized carbons (Fsp3) is 0.474. The fourth-order valence-electron chi connectivity index (χ4n) is 3.84. The number of aliphatic hydroxyl groups excluding tert-OH is 1. The zero-order valence-corrected chi connectivity index (χ0v) is 18.1. The van der Waals surface area contributed by atoms with Gasteiger partial charge in [-0.15, -0.1) is 24.8 Å². The second kappa shape index (κ2) is 9.94. The van der Waals surface area contributed by atoms with Crippen molar-refractivity contribution in [1.82, 2.24) is 24.6 Å². The summed E-state index contributed by atoms with van der Waals surface area (Å²) >= 11 is 6.30. The van der Waals surface area contributed by atoms with E-state index in [1.54, 1.807) is 4.68 Å². The molecule has 1 fully saturated rings. The molecule has 2 N–H and O–H groups in total. The van der Waals surface area contributed by atoms with Crippen LogP contribution in [0.2, 0.25) is 5.02 Å². The monoisotopic (exact) mass is 445 g/mol. The van der Waals surface area contributed by atoms with E-state index in [4.69, 9.17) is 11.6 Å². The maximum atomic E-state index is 10.1. The van der Waals surface area contributed by atoms with E-state index >= 15 is 0 Å². The first-order valence-corrected chi connectivity index (χ1v) is 9.54. The van der Waals surface area contributed by atoms with Crippen molar-refractivity contribution in [2.24, 2.45) is 7.05 Å². The number of benzene rings is 1. The van der Waals surface area contributed by atoms with Crippen LogP contribution in [0, 0.1) is 0 Å². The number of imidazole rings is 1. The van der Waals surface area contributed by atoms with Crippen LogP contribution in [0.5, 0.6) is 0 Å². The smallest absolute Gasteiger partial charge is 0.0958 e. The van der Waals surface area contributed by atoms with Crippen LogP contribution in [0.4, 0.5) is 0 Å². The number of hydrogen-bond acceptors (Lipinski definition) is 4. The number of rotatable bonds is 5. The average Bonchev–Trinajstić information content (AvgIpc) is 3.22. The van der Waals surface area contributed by atoms with E-state index in [2.05, 4.69) is 20.0 Å². The first-order valence-electron chi connectivity index (χ1n) is 9.16. The molecule has 1 aliphatic rings. The van der Waals surface area contributed by atoms with E-state index in [-0.39, 0.29) is 37.0 Å². The summed E-state index contributed by atoms with van der Waals surface area (Å²) in [5, 5.41) is 18.5. The van der Waals surface area contributed by atoms with E-state index < -0.39 is 0 Å². The van der Waals surface area contributed by atoms with E-state index in [1.165, 1.54) is 0 Å². The Morgan fingerprint density at radius 3 is 2.86 bits per heavy atom. The van der Waals surface area contributed by atoms with Crippen molar-refractivity contribution < 1.29 is 5.11 Å². The van der Waals surface area contributed by atoms with E-state index in [9.17, 15) is 5.11 Å². The van der Waals surface area contributed by atoms with Crippen molar-refractivity contribution >= 4 is 47.4 Å². The zero-order valence-electron chi connectivity index (χ0n) is 15.7. The lowest BCUT2D eigenvalue weighted by molar-refractivity contribution is 0.0909. The number of aromatic nitrogens is 4. The molecule has 0 unspecified atom stereocenters. The molecule has 28 heavy (non-hydrogen) atoms. The Balaban J connectivity index is 0.00000140. The summed E-state index contributed by atoms with van der Waals surface area (Å²) in [5.41, 5.74) is 4.06. The van der Waals surface area contributed by atoms with Crippen molar-refractivity contribution in [3.63, 3.8) is 0 Å². The molecule has 0 amide bonds. The minimum absolute atomic E-state index is 0. The minimum atomic E-state index is -0.229. The number of aliphatic hydroxyl groups is 1. The van der Waals surface area contributed by atoms with Crippen molar-refractivity contribution in [3.05, 3.63) is 35.9 Å². The lowest BCUT2D eigenvalue weighted by Gasteiger charge is -2.29. The number of piperidine rings is 1. The highest BCUT2D eigenvalue weighted by molar-refractivity contribution is 6.31. The molecule has 2 atom stereocenters. The summed E-state index contributed by atoms with van der Waals surface area (Å²) in [7, 11) is 1.91. The van der Waals surface area contributed by atoms with Crippen molar-refractivity contribution in [1.29, 1.82) is 0 Å². The van der Waals surface area contributed by atoms with Gasteiger partial charge in [-0.3, -0.25) is 4.68 Å². The summed E-state index contributed by atoms with van der Waals surface area (Å²) in [6.07, 6.45) is 9.38. The summed E-state index contributed by atoms with van der Waals surface area (Å²) in [6, 6.07) is 4.08. The number of nitrogens with zero attached hydrogens (tertiary/aromatic N) is 4. The lowest BCUT2D eigenvalue weighted by Crippen LogP contribution is -2.44. The Labute approximate surface area is 182 Å². The van der Waals surface area contributed by atoms with Crippen LogP contribution >= 0.6 is 36.4 Å². The normalized spacial score (nSPS) is 19.2. The third-order valence-corrected chi connectivity index (χ3v) is 5.37. The van der Waals surface area contributed by atoms with Crippen molar-refractivity contribution in [2.45, 2.75) is 44.4 Å². The maximum absolute atomic E-state index is 10.1. The molecule has 6 nitrogen and oxygen atoms in total. The van der Waals surface area contributed by atoms with Crippen molar-refractivity contribution in [2.75, 3.05) is 6.54 Å². The molecule has 0 aliphatic carbocycles. The third-order valence-electron chi connectivity index (χ3n) is 5.16. The SMILES string of the molecule is Cl.Cl.Cn1cc(-c2cc(Cl)cc3ncn(CCC[C@H]4NCCC[C@@H]4O)c23)cn1. The van der Waals surface area contributed by atoms with E-state index in [0.717, 1.165) is 60.9 Å². The first kappa shape index (κ1) is 23.0. The predicted molar refractivity (Wildman–Crippen MR) is 118 cm³/mol. The largest absolute Gasteiger partial charge is 0.392 e. The molecule has 1 aromatic carbocycles.